The summed E-state index contributed by atoms with van der Waals surface area (Å²) in [6.45, 7) is 1.56. The number of sulfonamides is 1. The monoisotopic (exact) mass is 354 g/mol. The van der Waals surface area contributed by atoms with Gasteiger partial charge in [-0.1, -0.05) is 6.07 Å². The number of nitro groups is 1. The Morgan fingerprint density at radius 2 is 1.83 bits per heavy atom. The van der Waals surface area contributed by atoms with Gasteiger partial charge >= 0.3 is 0 Å². The average Bonchev–Trinajstić information content (AvgIpc) is 2.54. The minimum Gasteiger partial charge on any atom is -0.494 e. The van der Waals surface area contributed by atoms with Crippen LogP contribution in [0.4, 0.5) is 10.1 Å². The van der Waals surface area contributed by atoms with Crippen LogP contribution >= 0.6 is 0 Å². The predicted molar refractivity (Wildman–Crippen MR) is 84.8 cm³/mol. The zero-order chi connectivity index (χ0) is 17.9. The van der Waals surface area contributed by atoms with E-state index in [-0.39, 0.29) is 16.3 Å². The van der Waals surface area contributed by atoms with Crippen molar-refractivity contribution in [1.29, 1.82) is 0 Å². The van der Waals surface area contributed by atoms with Crippen LogP contribution in [0.2, 0.25) is 0 Å². The maximum Gasteiger partial charge on any atom is 0.269 e. The number of nitrogens with one attached hydrogen (secondary N) is 1. The summed E-state index contributed by atoms with van der Waals surface area (Å²) in [5, 5.41) is 10.6. The van der Waals surface area contributed by atoms with Gasteiger partial charge < -0.3 is 4.74 Å². The van der Waals surface area contributed by atoms with E-state index in [1.165, 1.54) is 19.2 Å². The molecule has 0 aliphatic rings. The Balaban J connectivity index is 2.21. The van der Waals surface area contributed by atoms with Crippen molar-refractivity contribution >= 4 is 15.7 Å². The van der Waals surface area contributed by atoms with Crippen LogP contribution in [0.5, 0.6) is 5.75 Å². The Bertz CT molecular complexity index is 853. The highest BCUT2D eigenvalue weighted by atomic mass is 32.2. The van der Waals surface area contributed by atoms with E-state index in [2.05, 4.69) is 4.72 Å². The third-order valence-corrected chi connectivity index (χ3v) is 4.92. The molecule has 2 rings (SSSR count). The number of ether oxygens (including phenoxy) is 1. The van der Waals surface area contributed by atoms with E-state index in [9.17, 15) is 22.9 Å². The number of methoxy groups -OCH3 is 1. The lowest BCUT2D eigenvalue weighted by molar-refractivity contribution is -0.384. The molecule has 0 saturated carbocycles. The molecule has 0 radical (unpaired) electrons. The van der Waals surface area contributed by atoms with Gasteiger partial charge in [0.05, 0.1) is 16.9 Å². The summed E-state index contributed by atoms with van der Waals surface area (Å²) >= 11 is 0. The van der Waals surface area contributed by atoms with Crippen LogP contribution < -0.4 is 9.46 Å². The molecule has 1 unspecified atom stereocenters. The van der Waals surface area contributed by atoms with Gasteiger partial charge in [-0.15, -0.1) is 0 Å². The molecule has 128 valence electrons. The summed E-state index contributed by atoms with van der Waals surface area (Å²) in [7, 11) is -2.57. The lowest BCUT2D eigenvalue weighted by Gasteiger charge is -2.15. The summed E-state index contributed by atoms with van der Waals surface area (Å²) in [5.41, 5.74) is 0.206. The van der Waals surface area contributed by atoms with Gasteiger partial charge in [0.2, 0.25) is 10.0 Å². The number of rotatable bonds is 6. The molecule has 24 heavy (non-hydrogen) atoms. The first-order valence-electron chi connectivity index (χ1n) is 6.85. The number of halogens is 1. The van der Waals surface area contributed by atoms with Gasteiger partial charge in [-0.25, -0.2) is 17.5 Å². The maximum atomic E-state index is 13.7. The molecule has 2 aromatic rings. The van der Waals surface area contributed by atoms with E-state index < -0.39 is 26.8 Å². The molecule has 0 amide bonds. The Labute approximate surface area is 138 Å². The minimum absolute atomic E-state index is 0.0594. The first-order chi connectivity index (χ1) is 11.2. The van der Waals surface area contributed by atoms with Crippen LogP contribution in [0.15, 0.2) is 47.4 Å². The second kappa shape index (κ2) is 6.93. The lowest BCUT2D eigenvalue weighted by atomic mass is 10.1. The minimum atomic E-state index is -3.90. The van der Waals surface area contributed by atoms with Crippen molar-refractivity contribution in [3.63, 3.8) is 0 Å². The van der Waals surface area contributed by atoms with Gasteiger partial charge in [-0.05, 0) is 36.8 Å². The van der Waals surface area contributed by atoms with E-state index in [1.54, 1.807) is 13.0 Å². The van der Waals surface area contributed by atoms with Crippen LogP contribution in [0, 0.1) is 15.9 Å². The molecule has 0 aliphatic carbocycles. The predicted octanol–water partition coefficient (Wildman–Crippen LogP) is 2.78. The number of non-ortho nitro benzene ring substituents is 1. The summed E-state index contributed by atoms with van der Waals surface area (Å²) in [6.07, 6.45) is 0. The SMILES string of the molecule is COc1ccc(C(C)NS(=O)(=O)c2ccc([N+](=O)[O-])cc2)cc1F. The fourth-order valence-corrected chi connectivity index (χ4v) is 3.30. The van der Waals surface area contributed by atoms with E-state index >= 15 is 0 Å². The molecule has 1 N–H and O–H groups in total. The molecule has 2 aromatic carbocycles. The summed E-state index contributed by atoms with van der Waals surface area (Å²) < 4.78 is 45.5. The molecule has 0 bridgehead atoms. The number of nitrogens with zero attached hydrogens (tertiary/aromatic N) is 1. The standard InChI is InChI=1S/C15H15FN2O5S/c1-10(11-3-8-15(23-2)14(16)9-11)17-24(21,22)13-6-4-12(5-7-13)18(19)20/h3-10,17H,1-2H3. The van der Waals surface area contributed by atoms with Gasteiger partial charge in [-0.2, -0.15) is 0 Å². The third kappa shape index (κ3) is 3.87. The Morgan fingerprint density at radius 3 is 2.33 bits per heavy atom. The third-order valence-electron chi connectivity index (χ3n) is 3.37. The zero-order valence-electron chi connectivity index (χ0n) is 12.9. The van der Waals surface area contributed by atoms with E-state index in [0.717, 1.165) is 24.3 Å². The Hall–Kier alpha value is -2.52. The van der Waals surface area contributed by atoms with Crippen LogP contribution in [-0.4, -0.2) is 20.5 Å². The summed E-state index contributed by atoms with van der Waals surface area (Å²) in [5.74, 6) is -0.541. The molecule has 1 atom stereocenters. The van der Waals surface area contributed by atoms with Gasteiger partial charge in [0.1, 0.15) is 0 Å². The van der Waals surface area contributed by atoms with Gasteiger partial charge in [-0.3, -0.25) is 10.1 Å². The molecular formula is C15H15FN2O5S. The molecule has 0 aliphatic heterocycles. The molecule has 7 nitrogen and oxygen atoms in total. The maximum absolute atomic E-state index is 13.7. The molecule has 0 aromatic heterocycles. The fourth-order valence-electron chi connectivity index (χ4n) is 2.07. The summed E-state index contributed by atoms with van der Waals surface area (Å²) in [4.78, 5) is 9.87. The highest BCUT2D eigenvalue weighted by Gasteiger charge is 2.20. The van der Waals surface area contributed by atoms with E-state index in [0.29, 0.717) is 5.56 Å². The molecule has 0 saturated heterocycles. The van der Waals surface area contributed by atoms with Crippen molar-refractivity contribution in [2.24, 2.45) is 0 Å². The van der Waals surface area contributed by atoms with Crippen molar-refractivity contribution in [2.75, 3.05) is 7.11 Å². The number of benzene rings is 2. The highest BCUT2D eigenvalue weighted by Crippen LogP contribution is 2.23. The second-order valence-electron chi connectivity index (χ2n) is 4.99. The van der Waals surface area contributed by atoms with Crippen LogP contribution in [0.25, 0.3) is 0 Å². The van der Waals surface area contributed by atoms with Gasteiger partial charge in [0, 0.05) is 18.2 Å². The van der Waals surface area contributed by atoms with Crippen LogP contribution in [0.1, 0.15) is 18.5 Å². The quantitative estimate of drug-likeness (QED) is 0.635. The molecule has 9 heteroatoms. The van der Waals surface area contributed by atoms with Crippen LogP contribution in [-0.2, 0) is 10.0 Å². The number of hydrogen-bond acceptors (Lipinski definition) is 5. The van der Waals surface area contributed by atoms with Gasteiger partial charge in [0.15, 0.2) is 11.6 Å². The molecule has 0 fully saturated rings. The summed E-state index contributed by atoms with van der Waals surface area (Å²) in [6, 6.07) is 7.92. The smallest absolute Gasteiger partial charge is 0.269 e. The van der Waals surface area contributed by atoms with Crippen molar-refractivity contribution in [2.45, 2.75) is 17.9 Å². The topological polar surface area (TPSA) is 98.5 Å². The first-order valence-corrected chi connectivity index (χ1v) is 8.33. The molecule has 0 heterocycles. The van der Waals surface area contributed by atoms with Crippen molar-refractivity contribution in [1.82, 2.24) is 4.72 Å². The lowest BCUT2D eigenvalue weighted by Crippen LogP contribution is -2.27. The van der Waals surface area contributed by atoms with Crippen LogP contribution in [0.3, 0.4) is 0 Å². The van der Waals surface area contributed by atoms with E-state index in [4.69, 9.17) is 4.74 Å². The fraction of sp³-hybridized carbons (Fsp3) is 0.200. The zero-order valence-corrected chi connectivity index (χ0v) is 13.7. The largest absolute Gasteiger partial charge is 0.494 e. The van der Waals surface area contributed by atoms with Crippen molar-refractivity contribution in [3.05, 3.63) is 64.0 Å². The number of nitro benzene ring substituents is 1. The molecular weight excluding hydrogens is 339 g/mol. The molecule has 0 spiro atoms. The van der Waals surface area contributed by atoms with Gasteiger partial charge in [0.25, 0.3) is 5.69 Å². The normalized spacial score (nSPS) is 12.6. The Morgan fingerprint density at radius 1 is 1.21 bits per heavy atom. The Kier molecular flexibility index (Phi) is 5.15. The first kappa shape index (κ1) is 17.8. The van der Waals surface area contributed by atoms with Crippen molar-refractivity contribution in [3.8, 4) is 5.75 Å². The highest BCUT2D eigenvalue weighted by molar-refractivity contribution is 7.89. The average molecular weight is 354 g/mol. The van der Waals surface area contributed by atoms with E-state index in [1.807, 2.05) is 0 Å². The van der Waals surface area contributed by atoms with Crippen molar-refractivity contribution < 1.29 is 22.5 Å². The number of hydrogen-bond donors (Lipinski definition) is 1. The second-order valence-corrected chi connectivity index (χ2v) is 6.70.